The predicted octanol–water partition coefficient (Wildman–Crippen LogP) is 1.43. The molecule has 15 heavy (non-hydrogen) atoms. The third-order valence-electron chi connectivity index (χ3n) is 2.55. The molecule has 0 saturated heterocycles. The molecule has 1 heterocycles. The molecule has 1 aliphatic heterocycles. The first-order valence-corrected chi connectivity index (χ1v) is 4.58. The van der Waals surface area contributed by atoms with Crippen molar-refractivity contribution in [2.45, 2.75) is 12.6 Å². The van der Waals surface area contributed by atoms with Crippen molar-refractivity contribution in [3.63, 3.8) is 0 Å². The van der Waals surface area contributed by atoms with Gasteiger partial charge in [0.15, 0.2) is 0 Å². The van der Waals surface area contributed by atoms with E-state index < -0.39 is 5.97 Å². The van der Waals surface area contributed by atoms with Crippen molar-refractivity contribution in [3.8, 4) is 0 Å². The number of hydrogen-bond acceptors (Lipinski definition) is 4. The zero-order chi connectivity index (χ0) is 10.9. The fraction of sp³-hybridized carbons (Fsp3) is 0.364. The lowest BCUT2D eigenvalue weighted by atomic mass is 10.1. The van der Waals surface area contributed by atoms with E-state index in [1.165, 1.54) is 14.2 Å². The highest BCUT2D eigenvalue weighted by Crippen LogP contribution is 2.37. The minimum absolute atomic E-state index is 0.388. The van der Waals surface area contributed by atoms with Crippen LogP contribution in [0.25, 0.3) is 0 Å². The summed E-state index contributed by atoms with van der Waals surface area (Å²) in [6, 6.07) is 5.29. The highest BCUT2D eigenvalue weighted by Gasteiger charge is 2.41. The number of methoxy groups -OCH3 is 2. The van der Waals surface area contributed by atoms with E-state index in [1.807, 2.05) is 0 Å². The van der Waals surface area contributed by atoms with Crippen LogP contribution < -0.4 is 0 Å². The molecule has 0 aliphatic carbocycles. The SMILES string of the molecule is COC1(OC)OCc2cc(C=O)ccc21. The number of benzene rings is 1. The van der Waals surface area contributed by atoms with Gasteiger partial charge in [-0.2, -0.15) is 0 Å². The van der Waals surface area contributed by atoms with E-state index >= 15 is 0 Å². The Morgan fingerprint density at radius 2 is 2.13 bits per heavy atom. The zero-order valence-electron chi connectivity index (χ0n) is 8.65. The molecule has 80 valence electrons. The van der Waals surface area contributed by atoms with Crippen molar-refractivity contribution in [1.82, 2.24) is 0 Å². The summed E-state index contributed by atoms with van der Waals surface area (Å²) in [6.45, 7) is 0.388. The van der Waals surface area contributed by atoms with Crippen molar-refractivity contribution in [3.05, 3.63) is 34.9 Å². The van der Waals surface area contributed by atoms with Crippen LogP contribution in [0, 0.1) is 0 Å². The van der Waals surface area contributed by atoms with Crippen LogP contribution in [0.15, 0.2) is 18.2 Å². The fourth-order valence-electron chi connectivity index (χ4n) is 1.78. The molecule has 0 radical (unpaired) electrons. The number of hydrogen-bond donors (Lipinski definition) is 0. The van der Waals surface area contributed by atoms with E-state index in [0.29, 0.717) is 12.2 Å². The molecule has 0 saturated carbocycles. The van der Waals surface area contributed by atoms with Crippen molar-refractivity contribution in [2.24, 2.45) is 0 Å². The molecular formula is C11H12O4. The number of carbonyl (C=O) groups is 1. The highest BCUT2D eigenvalue weighted by molar-refractivity contribution is 5.75. The number of aldehydes is 1. The Kier molecular flexibility index (Phi) is 2.56. The van der Waals surface area contributed by atoms with Crippen LogP contribution in [0.1, 0.15) is 21.5 Å². The lowest BCUT2D eigenvalue weighted by Gasteiger charge is -2.25. The third-order valence-corrected chi connectivity index (χ3v) is 2.55. The fourth-order valence-corrected chi connectivity index (χ4v) is 1.78. The molecule has 4 heteroatoms. The smallest absolute Gasteiger partial charge is 0.312 e. The molecule has 0 unspecified atom stereocenters. The summed E-state index contributed by atoms with van der Waals surface area (Å²) in [6.07, 6.45) is 0.805. The largest absolute Gasteiger partial charge is 0.327 e. The summed E-state index contributed by atoms with van der Waals surface area (Å²) in [7, 11) is 3.04. The maximum atomic E-state index is 10.6. The van der Waals surface area contributed by atoms with Gasteiger partial charge in [0, 0.05) is 25.3 Å². The normalized spacial score (nSPS) is 17.5. The van der Waals surface area contributed by atoms with E-state index in [9.17, 15) is 4.79 Å². The maximum absolute atomic E-state index is 10.6. The van der Waals surface area contributed by atoms with Crippen molar-refractivity contribution >= 4 is 6.29 Å². The molecule has 1 aromatic rings. The Bertz CT molecular complexity index is 382. The molecule has 4 nitrogen and oxygen atoms in total. The van der Waals surface area contributed by atoms with Gasteiger partial charge in [-0.3, -0.25) is 4.79 Å². The van der Waals surface area contributed by atoms with Gasteiger partial charge in [0.1, 0.15) is 6.29 Å². The van der Waals surface area contributed by atoms with Gasteiger partial charge < -0.3 is 14.2 Å². The third kappa shape index (κ3) is 1.47. The Morgan fingerprint density at radius 1 is 1.40 bits per heavy atom. The second-order valence-corrected chi connectivity index (χ2v) is 3.29. The van der Waals surface area contributed by atoms with E-state index in [4.69, 9.17) is 14.2 Å². The topological polar surface area (TPSA) is 44.8 Å². The van der Waals surface area contributed by atoms with Gasteiger partial charge in [0.25, 0.3) is 0 Å². The number of ether oxygens (including phenoxy) is 3. The Balaban J connectivity index is 2.47. The second-order valence-electron chi connectivity index (χ2n) is 3.29. The monoisotopic (exact) mass is 208 g/mol. The number of fused-ring (bicyclic) bond motifs is 1. The van der Waals surface area contributed by atoms with Crippen LogP contribution in [0.4, 0.5) is 0 Å². The zero-order valence-corrected chi connectivity index (χ0v) is 8.65. The van der Waals surface area contributed by atoms with Crippen LogP contribution in [-0.2, 0) is 26.8 Å². The molecule has 0 aromatic heterocycles. The molecule has 0 N–H and O–H groups in total. The first-order valence-electron chi connectivity index (χ1n) is 4.58. The molecule has 2 rings (SSSR count). The molecule has 1 aromatic carbocycles. The molecule has 1 aliphatic rings. The minimum atomic E-state index is -1.11. The standard InChI is InChI=1S/C11H12O4/c1-13-11(14-2)10-4-3-8(6-12)5-9(10)7-15-11/h3-6H,7H2,1-2H3. The second kappa shape index (κ2) is 3.73. The van der Waals surface area contributed by atoms with Gasteiger partial charge in [-0.05, 0) is 17.7 Å². The van der Waals surface area contributed by atoms with Crippen LogP contribution in [-0.4, -0.2) is 20.5 Å². The number of rotatable bonds is 3. The molecule has 0 atom stereocenters. The van der Waals surface area contributed by atoms with E-state index in [-0.39, 0.29) is 0 Å². The summed E-state index contributed by atoms with van der Waals surface area (Å²) in [5.41, 5.74) is 2.36. The lowest BCUT2D eigenvalue weighted by molar-refractivity contribution is -0.367. The summed E-state index contributed by atoms with van der Waals surface area (Å²) in [5, 5.41) is 0. The van der Waals surface area contributed by atoms with Crippen molar-refractivity contribution < 1.29 is 19.0 Å². The first-order chi connectivity index (χ1) is 7.25. The molecule has 0 bridgehead atoms. The van der Waals surface area contributed by atoms with Crippen LogP contribution >= 0.6 is 0 Å². The van der Waals surface area contributed by atoms with Gasteiger partial charge in [-0.1, -0.05) is 6.07 Å². The van der Waals surface area contributed by atoms with E-state index in [2.05, 4.69) is 0 Å². The Hall–Kier alpha value is -1.23. The maximum Gasteiger partial charge on any atom is 0.312 e. The predicted molar refractivity (Wildman–Crippen MR) is 52.3 cm³/mol. The quantitative estimate of drug-likeness (QED) is 0.557. The minimum Gasteiger partial charge on any atom is -0.327 e. The van der Waals surface area contributed by atoms with Crippen LogP contribution in [0.5, 0.6) is 0 Å². The van der Waals surface area contributed by atoms with Gasteiger partial charge in [-0.25, -0.2) is 0 Å². The summed E-state index contributed by atoms with van der Waals surface area (Å²) in [5.74, 6) is -1.11. The van der Waals surface area contributed by atoms with Crippen molar-refractivity contribution in [1.29, 1.82) is 0 Å². The highest BCUT2D eigenvalue weighted by atomic mass is 16.9. The van der Waals surface area contributed by atoms with Gasteiger partial charge in [0.2, 0.25) is 0 Å². The van der Waals surface area contributed by atoms with E-state index in [0.717, 1.165) is 17.4 Å². The van der Waals surface area contributed by atoms with Crippen LogP contribution in [0.3, 0.4) is 0 Å². The summed E-state index contributed by atoms with van der Waals surface area (Å²) < 4.78 is 15.9. The van der Waals surface area contributed by atoms with E-state index in [1.54, 1.807) is 18.2 Å². The number of carbonyl (C=O) groups excluding carboxylic acids is 1. The van der Waals surface area contributed by atoms with Crippen molar-refractivity contribution in [2.75, 3.05) is 14.2 Å². The molecule has 0 spiro atoms. The summed E-state index contributed by atoms with van der Waals surface area (Å²) >= 11 is 0. The first kappa shape index (κ1) is 10.3. The van der Waals surface area contributed by atoms with Crippen LogP contribution in [0.2, 0.25) is 0 Å². The average molecular weight is 208 g/mol. The Morgan fingerprint density at radius 3 is 2.73 bits per heavy atom. The Labute approximate surface area is 87.8 Å². The average Bonchev–Trinajstić information content (AvgIpc) is 2.67. The molecule has 0 fully saturated rings. The van der Waals surface area contributed by atoms with Gasteiger partial charge in [-0.15, -0.1) is 0 Å². The van der Waals surface area contributed by atoms with Gasteiger partial charge in [0.05, 0.1) is 6.61 Å². The lowest BCUT2D eigenvalue weighted by Crippen LogP contribution is -2.29. The molecule has 0 amide bonds. The van der Waals surface area contributed by atoms with Gasteiger partial charge >= 0.3 is 5.97 Å². The summed E-state index contributed by atoms with van der Waals surface area (Å²) in [4.78, 5) is 10.6. The molecular weight excluding hydrogens is 196 g/mol.